The summed E-state index contributed by atoms with van der Waals surface area (Å²) in [4.78, 5) is 8.90. The Labute approximate surface area is 187 Å². The van der Waals surface area contributed by atoms with Gasteiger partial charge in [-0.15, -0.1) is 5.10 Å². The molecule has 11 nitrogen and oxygen atoms in total. The van der Waals surface area contributed by atoms with Gasteiger partial charge in [-0.05, 0) is 13.0 Å². The summed E-state index contributed by atoms with van der Waals surface area (Å²) < 4.78 is 19.2. The number of aliphatic hydroxyl groups is 1. The van der Waals surface area contributed by atoms with E-state index in [0.29, 0.717) is 48.7 Å². The lowest BCUT2D eigenvalue weighted by atomic mass is 9.73. The summed E-state index contributed by atoms with van der Waals surface area (Å²) in [7, 11) is 12.7. The lowest BCUT2D eigenvalue weighted by molar-refractivity contribution is 0.116. The zero-order valence-corrected chi connectivity index (χ0v) is 17.7. The molecular formula is C19H21B2N7O4. The van der Waals surface area contributed by atoms with E-state index in [2.05, 4.69) is 26.5 Å². The van der Waals surface area contributed by atoms with Crippen LogP contribution in [0.1, 0.15) is 25.1 Å². The Kier molecular flexibility index (Phi) is 6.10. The highest BCUT2D eigenvalue weighted by atomic mass is 16.6. The number of anilines is 2. The number of nitrogens with zero attached hydrogens (tertiary/aromatic N) is 6. The van der Waals surface area contributed by atoms with Crippen molar-refractivity contribution < 1.29 is 19.3 Å². The van der Waals surface area contributed by atoms with Crippen LogP contribution in [0.5, 0.6) is 5.88 Å². The first-order valence-corrected chi connectivity index (χ1v) is 9.99. The molecule has 4 radical (unpaired) electrons. The summed E-state index contributed by atoms with van der Waals surface area (Å²) >= 11 is 0. The Balaban J connectivity index is 1.70. The van der Waals surface area contributed by atoms with E-state index in [1.165, 1.54) is 6.20 Å². The molecule has 3 aromatic rings. The van der Waals surface area contributed by atoms with E-state index in [0.717, 1.165) is 4.68 Å². The fourth-order valence-electron chi connectivity index (χ4n) is 3.51. The van der Waals surface area contributed by atoms with Gasteiger partial charge < -0.3 is 29.2 Å². The largest absolute Gasteiger partial charge is 0.469 e. The third-order valence-electron chi connectivity index (χ3n) is 5.00. The predicted molar refractivity (Wildman–Crippen MR) is 116 cm³/mol. The first kappa shape index (κ1) is 22.1. The standard InChI is InChI=1S/C19H21B2N7O4/c1-11(9-30-2)28-13(6-22)5-12-7-23-18(25-16(12)28)24-15-8-27(19(20,21)29)26-17(15)32-14-3-4-31-10-14/h5,7-8,11,14,29H,3-4,9-10H2,1-2H3,(H,23,24,25)/t11-,14?/m0/s1. The van der Waals surface area contributed by atoms with Gasteiger partial charge in [0.2, 0.25) is 5.95 Å². The number of aromatic nitrogens is 5. The number of nitriles is 1. The summed E-state index contributed by atoms with van der Waals surface area (Å²) in [5.74, 6) is 0.398. The quantitative estimate of drug-likeness (QED) is 0.488. The van der Waals surface area contributed by atoms with Crippen LogP contribution in [0.2, 0.25) is 0 Å². The predicted octanol–water partition coefficient (Wildman–Crippen LogP) is 0.515. The minimum atomic E-state index is -2.22. The molecule has 0 aromatic carbocycles. The van der Waals surface area contributed by atoms with Crippen LogP contribution < -0.4 is 10.1 Å². The number of hydrogen-bond acceptors (Lipinski definition) is 9. The second-order valence-corrected chi connectivity index (χ2v) is 7.59. The highest BCUT2D eigenvalue weighted by Crippen LogP contribution is 2.30. The van der Waals surface area contributed by atoms with Crippen LogP contribution in [0, 0.1) is 11.3 Å². The van der Waals surface area contributed by atoms with E-state index in [4.69, 9.17) is 29.9 Å². The van der Waals surface area contributed by atoms with Crippen molar-refractivity contribution in [1.82, 2.24) is 24.3 Å². The van der Waals surface area contributed by atoms with Crippen molar-refractivity contribution in [1.29, 1.82) is 5.26 Å². The first-order valence-electron chi connectivity index (χ1n) is 9.99. The van der Waals surface area contributed by atoms with E-state index < -0.39 is 5.52 Å². The second kappa shape index (κ2) is 8.82. The molecule has 4 heterocycles. The van der Waals surface area contributed by atoms with Crippen molar-refractivity contribution in [2.75, 3.05) is 32.2 Å². The van der Waals surface area contributed by atoms with Gasteiger partial charge in [0, 0.05) is 25.1 Å². The number of fused-ring (bicyclic) bond motifs is 1. The highest BCUT2D eigenvalue weighted by Gasteiger charge is 2.25. The molecule has 1 fully saturated rings. The maximum Gasteiger partial charge on any atom is 0.257 e. The minimum absolute atomic E-state index is 0.122. The van der Waals surface area contributed by atoms with E-state index in [-0.39, 0.29) is 24.0 Å². The van der Waals surface area contributed by atoms with Crippen LogP contribution in [0.25, 0.3) is 11.0 Å². The molecule has 0 saturated carbocycles. The van der Waals surface area contributed by atoms with E-state index in [9.17, 15) is 10.4 Å². The SMILES string of the molecule is [B]C([B])(O)n1cc(Nc2ncc3cc(C#N)n([C@@H](C)COC)c3n2)c(OC2CCOC2)n1. The van der Waals surface area contributed by atoms with Crippen molar-refractivity contribution in [3.05, 3.63) is 24.2 Å². The van der Waals surface area contributed by atoms with E-state index in [1.54, 1.807) is 23.9 Å². The summed E-state index contributed by atoms with van der Waals surface area (Å²) in [6.07, 6.45) is 3.51. The molecule has 2 N–H and O–H groups in total. The van der Waals surface area contributed by atoms with Crippen LogP contribution in [-0.4, -0.2) is 78.1 Å². The van der Waals surface area contributed by atoms with Gasteiger partial charge >= 0.3 is 0 Å². The van der Waals surface area contributed by atoms with Crippen molar-refractivity contribution in [3.63, 3.8) is 0 Å². The monoisotopic (exact) mass is 433 g/mol. The van der Waals surface area contributed by atoms with E-state index in [1.807, 2.05) is 6.92 Å². The van der Waals surface area contributed by atoms with Gasteiger partial charge in [-0.1, -0.05) is 0 Å². The number of nitrogens with one attached hydrogen (secondary N) is 1. The smallest absolute Gasteiger partial charge is 0.257 e. The average molecular weight is 433 g/mol. The molecule has 0 bridgehead atoms. The third kappa shape index (κ3) is 4.43. The van der Waals surface area contributed by atoms with Crippen molar-refractivity contribution in [2.45, 2.75) is 31.0 Å². The number of hydrogen-bond donors (Lipinski definition) is 2. The molecule has 0 aliphatic carbocycles. The second-order valence-electron chi connectivity index (χ2n) is 7.59. The molecular weight excluding hydrogens is 412 g/mol. The fraction of sp³-hybridized carbons (Fsp3) is 0.474. The zero-order valence-electron chi connectivity index (χ0n) is 17.7. The molecule has 1 aliphatic heterocycles. The van der Waals surface area contributed by atoms with Gasteiger partial charge in [-0.3, -0.25) is 4.68 Å². The maximum absolute atomic E-state index is 9.94. The Morgan fingerprint density at radius 3 is 2.97 bits per heavy atom. The molecule has 2 atom stereocenters. The summed E-state index contributed by atoms with van der Waals surface area (Å²) in [5, 5.41) is 27.4. The molecule has 0 amide bonds. The topological polar surface area (TPSA) is 132 Å². The molecule has 1 aliphatic rings. The van der Waals surface area contributed by atoms with Gasteiger partial charge in [0.1, 0.15) is 44.9 Å². The van der Waals surface area contributed by atoms with Gasteiger partial charge in [-0.2, -0.15) is 10.2 Å². The number of ether oxygens (including phenoxy) is 3. The maximum atomic E-state index is 9.94. The van der Waals surface area contributed by atoms with Gasteiger partial charge in [-0.25, -0.2) is 4.98 Å². The van der Waals surface area contributed by atoms with Crippen LogP contribution in [0.3, 0.4) is 0 Å². The third-order valence-corrected chi connectivity index (χ3v) is 5.00. The van der Waals surface area contributed by atoms with Crippen molar-refractivity contribution in [2.24, 2.45) is 0 Å². The Morgan fingerprint density at radius 1 is 1.50 bits per heavy atom. The molecule has 4 rings (SSSR count). The normalized spacial score (nSPS) is 17.4. The first-order chi connectivity index (χ1) is 15.3. The van der Waals surface area contributed by atoms with Crippen LogP contribution in [0.4, 0.5) is 11.6 Å². The Bertz CT molecular complexity index is 1150. The fourth-order valence-corrected chi connectivity index (χ4v) is 3.51. The van der Waals surface area contributed by atoms with Gasteiger partial charge in [0.25, 0.3) is 5.88 Å². The summed E-state index contributed by atoms with van der Waals surface area (Å²) in [6, 6.07) is 3.78. The Morgan fingerprint density at radius 2 is 2.31 bits per heavy atom. The minimum Gasteiger partial charge on any atom is -0.469 e. The molecule has 0 spiro atoms. The molecule has 162 valence electrons. The Hall–Kier alpha value is -3.07. The number of rotatable bonds is 8. The summed E-state index contributed by atoms with van der Waals surface area (Å²) in [5.41, 5.74) is -0.850. The highest BCUT2D eigenvalue weighted by molar-refractivity contribution is 6.36. The lowest BCUT2D eigenvalue weighted by Crippen LogP contribution is -2.34. The zero-order chi connectivity index (χ0) is 22.9. The van der Waals surface area contributed by atoms with Crippen molar-refractivity contribution in [3.8, 4) is 11.9 Å². The summed E-state index contributed by atoms with van der Waals surface area (Å²) in [6.45, 7) is 3.35. The van der Waals surface area contributed by atoms with Gasteiger partial charge in [0.05, 0.1) is 37.6 Å². The lowest BCUT2D eigenvalue weighted by Gasteiger charge is -2.18. The molecule has 1 unspecified atom stereocenters. The van der Waals surface area contributed by atoms with Crippen LogP contribution >= 0.6 is 0 Å². The van der Waals surface area contributed by atoms with Crippen LogP contribution in [-0.2, 0) is 15.0 Å². The average Bonchev–Trinajstić information content (AvgIpc) is 3.47. The van der Waals surface area contributed by atoms with Crippen molar-refractivity contribution >= 4 is 38.4 Å². The molecule has 3 aromatic heterocycles. The molecule has 32 heavy (non-hydrogen) atoms. The molecule has 13 heteroatoms. The van der Waals surface area contributed by atoms with Crippen LogP contribution in [0.15, 0.2) is 18.5 Å². The van der Waals surface area contributed by atoms with Gasteiger partial charge in [0.15, 0.2) is 0 Å². The number of methoxy groups -OCH3 is 1. The van der Waals surface area contributed by atoms with E-state index >= 15 is 0 Å². The molecule has 1 saturated heterocycles.